The summed E-state index contributed by atoms with van der Waals surface area (Å²) in [6, 6.07) is 0.298. The van der Waals surface area contributed by atoms with E-state index < -0.39 is 0 Å². The molecule has 3 aliphatic rings. The Balaban J connectivity index is 2.23. The second-order valence-electron chi connectivity index (χ2n) is 4.72. The highest BCUT2D eigenvalue weighted by atomic mass is 14.7. The van der Waals surface area contributed by atoms with Crippen molar-refractivity contribution in [3.8, 4) is 0 Å². The molecule has 0 aromatic rings. The summed E-state index contributed by atoms with van der Waals surface area (Å²) in [7, 11) is 0. The molecule has 2 bridgehead atoms. The highest BCUT2D eigenvalue weighted by Gasteiger charge is 2.53. The molecule has 3 aliphatic carbocycles. The predicted octanol–water partition coefficient (Wildman–Crippen LogP) is 1.94. The summed E-state index contributed by atoms with van der Waals surface area (Å²) in [6.45, 7) is 8.78. The van der Waals surface area contributed by atoms with Gasteiger partial charge in [0.1, 0.15) is 0 Å². The molecule has 1 heteroatoms. The van der Waals surface area contributed by atoms with E-state index in [9.17, 15) is 0 Å². The lowest BCUT2D eigenvalue weighted by Gasteiger charge is -2.59. The molecule has 2 N–H and O–H groups in total. The first-order valence-electron chi connectivity index (χ1n) is 4.47. The van der Waals surface area contributed by atoms with E-state index in [2.05, 4.69) is 20.4 Å². The molecule has 0 aromatic carbocycles. The van der Waals surface area contributed by atoms with Gasteiger partial charge in [-0.1, -0.05) is 26.0 Å². The fourth-order valence-electron chi connectivity index (χ4n) is 2.76. The van der Waals surface area contributed by atoms with Crippen molar-refractivity contribution < 1.29 is 0 Å². The van der Waals surface area contributed by atoms with Crippen LogP contribution in [-0.4, -0.2) is 6.04 Å². The standard InChI is InChI=1S/C10H17N/c1-6-8-4-7(5-9(6)11)10(8,2)3/h7-9H,1,4-5,11H2,2-3H3/t7-,8-,9+/m1/s1. The topological polar surface area (TPSA) is 26.0 Å². The molecule has 0 heterocycles. The Bertz CT molecular complexity index is 205. The molecule has 3 atom stereocenters. The third-order valence-electron chi connectivity index (χ3n) is 3.93. The fourth-order valence-corrected chi connectivity index (χ4v) is 2.76. The third kappa shape index (κ3) is 0.750. The maximum Gasteiger partial charge on any atom is 0.0256 e. The second-order valence-corrected chi connectivity index (χ2v) is 4.72. The molecule has 0 saturated heterocycles. The molecule has 0 aromatic heterocycles. The third-order valence-corrected chi connectivity index (χ3v) is 3.93. The van der Waals surface area contributed by atoms with Gasteiger partial charge in [0.15, 0.2) is 0 Å². The van der Waals surface area contributed by atoms with E-state index in [1.165, 1.54) is 18.4 Å². The van der Waals surface area contributed by atoms with E-state index in [0.29, 0.717) is 11.5 Å². The highest BCUT2D eigenvalue weighted by Crippen LogP contribution is 2.60. The van der Waals surface area contributed by atoms with Gasteiger partial charge >= 0.3 is 0 Å². The van der Waals surface area contributed by atoms with Crippen LogP contribution in [-0.2, 0) is 0 Å². The van der Waals surface area contributed by atoms with E-state index in [4.69, 9.17) is 5.73 Å². The minimum Gasteiger partial charge on any atom is -0.324 e. The molecular weight excluding hydrogens is 134 g/mol. The van der Waals surface area contributed by atoms with Crippen molar-refractivity contribution in [2.24, 2.45) is 23.0 Å². The molecule has 3 rings (SSSR count). The summed E-state index contributed by atoms with van der Waals surface area (Å²) in [5, 5.41) is 0. The molecule has 0 amide bonds. The van der Waals surface area contributed by atoms with Crippen LogP contribution in [0.2, 0.25) is 0 Å². The smallest absolute Gasteiger partial charge is 0.0256 e. The molecule has 1 nitrogen and oxygen atoms in total. The van der Waals surface area contributed by atoms with Gasteiger partial charge in [0.2, 0.25) is 0 Å². The first kappa shape index (κ1) is 7.35. The van der Waals surface area contributed by atoms with Gasteiger partial charge in [-0.25, -0.2) is 0 Å². The van der Waals surface area contributed by atoms with Crippen molar-refractivity contribution in [2.45, 2.75) is 32.7 Å². The van der Waals surface area contributed by atoms with E-state index in [1.54, 1.807) is 0 Å². The molecule has 0 radical (unpaired) electrons. The molecular formula is C10H17N. The number of fused-ring (bicyclic) bond motifs is 2. The summed E-state index contributed by atoms with van der Waals surface area (Å²) >= 11 is 0. The molecule has 0 unspecified atom stereocenters. The lowest BCUT2D eigenvalue weighted by atomic mass is 9.46. The quantitative estimate of drug-likeness (QED) is 0.526. The van der Waals surface area contributed by atoms with Gasteiger partial charge < -0.3 is 5.73 Å². The van der Waals surface area contributed by atoms with Gasteiger partial charge in [0, 0.05) is 6.04 Å². The minimum absolute atomic E-state index is 0.298. The predicted molar refractivity (Wildman–Crippen MR) is 47.1 cm³/mol. The van der Waals surface area contributed by atoms with E-state index in [0.717, 1.165) is 11.8 Å². The van der Waals surface area contributed by atoms with Crippen molar-refractivity contribution in [2.75, 3.05) is 0 Å². The number of hydrogen-bond donors (Lipinski definition) is 1. The monoisotopic (exact) mass is 151 g/mol. The highest BCUT2D eigenvalue weighted by molar-refractivity contribution is 5.24. The lowest BCUT2D eigenvalue weighted by molar-refractivity contribution is -0.0336. The van der Waals surface area contributed by atoms with Crippen molar-refractivity contribution >= 4 is 0 Å². The van der Waals surface area contributed by atoms with Gasteiger partial charge in [0.05, 0.1) is 0 Å². The molecule has 3 saturated carbocycles. The van der Waals surface area contributed by atoms with Crippen LogP contribution in [0.1, 0.15) is 26.7 Å². The van der Waals surface area contributed by atoms with Gasteiger partial charge in [0.25, 0.3) is 0 Å². The van der Waals surface area contributed by atoms with Gasteiger partial charge in [-0.2, -0.15) is 0 Å². The zero-order chi connectivity index (χ0) is 8.22. The Hall–Kier alpha value is -0.300. The van der Waals surface area contributed by atoms with Crippen LogP contribution in [0.25, 0.3) is 0 Å². The molecule has 11 heavy (non-hydrogen) atoms. The Labute approximate surface area is 68.7 Å². The van der Waals surface area contributed by atoms with Crippen LogP contribution in [0.15, 0.2) is 12.2 Å². The van der Waals surface area contributed by atoms with Gasteiger partial charge in [-0.3, -0.25) is 0 Å². The summed E-state index contributed by atoms with van der Waals surface area (Å²) in [5.74, 6) is 1.59. The molecule has 62 valence electrons. The van der Waals surface area contributed by atoms with Crippen molar-refractivity contribution in [3.63, 3.8) is 0 Å². The van der Waals surface area contributed by atoms with Gasteiger partial charge in [-0.05, 0) is 30.1 Å². The van der Waals surface area contributed by atoms with E-state index in [1.807, 2.05) is 0 Å². The zero-order valence-corrected chi connectivity index (χ0v) is 7.43. The average molecular weight is 151 g/mol. The van der Waals surface area contributed by atoms with Crippen molar-refractivity contribution in [1.82, 2.24) is 0 Å². The summed E-state index contributed by atoms with van der Waals surface area (Å²) < 4.78 is 0. The molecule has 0 aliphatic heterocycles. The normalized spacial score (nSPS) is 46.8. The van der Waals surface area contributed by atoms with Crippen molar-refractivity contribution in [3.05, 3.63) is 12.2 Å². The van der Waals surface area contributed by atoms with Crippen LogP contribution in [0.5, 0.6) is 0 Å². The van der Waals surface area contributed by atoms with Gasteiger partial charge in [-0.15, -0.1) is 0 Å². The summed E-state index contributed by atoms with van der Waals surface area (Å²) in [4.78, 5) is 0. The van der Waals surface area contributed by atoms with E-state index >= 15 is 0 Å². The van der Waals surface area contributed by atoms with E-state index in [-0.39, 0.29) is 0 Å². The number of nitrogens with two attached hydrogens (primary N) is 1. The minimum atomic E-state index is 0.298. The maximum absolute atomic E-state index is 5.92. The Morgan fingerprint density at radius 1 is 1.45 bits per heavy atom. The number of rotatable bonds is 0. The first-order chi connectivity index (χ1) is 5.03. The molecule has 0 spiro atoms. The number of hydrogen-bond acceptors (Lipinski definition) is 1. The summed E-state index contributed by atoms with van der Waals surface area (Å²) in [6.07, 6.45) is 2.52. The van der Waals surface area contributed by atoms with Crippen LogP contribution in [0.4, 0.5) is 0 Å². The van der Waals surface area contributed by atoms with Crippen LogP contribution >= 0.6 is 0 Å². The maximum atomic E-state index is 5.92. The Morgan fingerprint density at radius 2 is 2.09 bits per heavy atom. The fraction of sp³-hybridized carbons (Fsp3) is 0.800. The van der Waals surface area contributed by atoms with Crippen molar-refractivity contribution in [1.29, 1.82) is 0 Å². The zero-order valence-electron chi connectivity index (χ0n) is 7.43. The Morgan fingerprint density at radius 3 is 2.45 bits per heavy atom. The average Bonchev–Trinajstić information content (AvgIpc) is 1.93. The largest absolute Gasteiger partial charge is 0.324 e. The second kappa shape index (κ2) is 1.89. The Kier molecular flexibility index (Phi) is 1.26. The SMILES string of the molecule is C=C1[C@H]2C[C@H](C[C@@H]1N)C2(C)C. The lowest BCUT2D eigenvalue weighted by Crippen LogP contribution is -2.55. The van der Waals surface area contributed by atoms with Crippen LogP contribution in [0.3, 0.4) is 0 Å². The first-order valence-corrected chi connectivity index (χ1v) is 4.47. The summed E-state index contributed by atoms with van der Waals surface area (Å²) in [5.41, 5.74) is 7.73. The van der Waals surface area contributed by atoms with Crippen LogP contribution in [0, 0.1) is 17.3 Å². The van der Waals surface area contributed by atoms with Crippen LogP contribution < -0.4 is 5.73 Å². The molecule has 3 fully saturated rings.